The van der Waals surface area contributed by atoms with Gasteiger partial charge in [-0.3, -0.25) is 4.79 Å². The number of aromatic hydroxyl groups is 1. The zero-order chi connectivity index (χ0) is 14.7. The number of carbonyl (C=O) groups is 1. The van der Waals surface area contributed by atoms with Crippen LogP contribution in [0.4, 0.5) is 0 Å². The topological polar surface area (TPSA) is 58.6 Å². The molecule has 0 aliphatic carbocycles. The Bertz CT molecular complexity index is 654. The van der Waals surface area contributed by atoms with Crippen molar-refractivity contribution >= 4 is 5.91 Å². The summed E-state index contributed by atoms with van der Waals surface area (Å²) in [5.41, 5.74) is 1.64. The van der Waals surface area contributed by atoms with Gasteiger partial charge < -0.3 is 15.2 Å². The third-order valence-corrected chi connectivity index (χ3v) is 3.64. The second-order valence-electron chi connectivity index (χ2n) is 5.10. The molecular weight excluding hydrogens is 266 g/mol. The quantitative estimate of drug-likeness (QED) is 0.910. The average molecular weight is 283 g/mol. The fourth-order valence-corrected chi connectivity index (χ4v) is 2.57. The fourth-order valence-electron chi connectivity index (χ4n) is 2.57. The first-order chi connectivity index (χ1) is 10.2. The lowest BCUT2D eigenvalue weighted by Gasteiger charge is -2.26. The van der Waals surface area contributed by atoms with E-state index in [1.54, 1.807) is 18.2 Å². The molecule has 0 fully saturated rings. The Morgan fingerprint density at radius 1 is 1.19 bits per heavy atom. The van der Waals surface area contributed by atoms with Crippen LogP contribution >= 0.6 is 0 Å². The maximum atomic E-state index is 12.2. The lowest BCUT2D eigenvalue weighted by atomic mass is 10.00. The monoisotopic (exact) mass is 283 g/mol. The van der Waals surface area contributed by atoms with Crippen molar-refractivity contribution in [3.63, 3.8) is 0 Å². The summed E-state index contributed by atoms with van der Waals surface area (Å²) in [5.74, 6) is 0.884. The van der Waals surface area contributed by atoms with Gasteiger partial charge in [0.2, 0.25) is 5.91 Å². The van der Waals surface area contributed by atoms with Gasteiger partial charge in [0.1, 0.15) is 11.5 Å². The molecule has 1 unspecified atom stereocenters. The molecule has 21 heavy (non-hydrogen) atoms. The first kappa shape index (κ1) is 13.5. The van der Waals surface area contributed by atoms with E-state index in [0.29, 0.717) is 12.2 Å². The van der Waals surface area contributed by atoms with Crippen molar-refractivity contribution in [1.29, 1.82) is 0 Å². The molecule has 108 valence electrons. The van der Waals surface area contributed by atoms with E-state index in [1.807, 2.05) is 30.3 Å². The van der Waals surface area contributed by atoms with Gasteiger partial charge in [0.05, 0.1) is 19.1 Å². The SMILES string of the molecule is O=C(Cc1ccccc1O)NC1CCOc2ccccc21. The summed E-state index contributed by atoms with van der Waals surface area (Å²) in [6.07, 6.45) is 0.926. The number of phenols is 1. The van der Waals surface area contributed by atoms with Crippen molar-refractivity contribution in [2.75, 3.05) is 6.61 Å². The van der Waals surface area contributed by atoms with Crippen molar-refractivity contribution in [2.24, 2.45) is 0 Å². The Morgan fingerprint density at radius 3 is 2.81 bits per heavy atom. The van der Waals surface area contributed by atoms with E-state index in [2.05, 4.69) is 5.32 Å². The summed E-state index contributed by atoms with van der Waals surface area (Å²) >= 11 is 0. The van der Waals surface area contributed by atoms with Gasteiger partial charge in [-0.15, -0.1) is 0 Å². The van der Waals surface area contributed by atoms with E-state index >= 15 is 0 Å². The highest BCUT2D eigenvalue weighted by Gasteiger charge is 2.22. The normalized spacial score (nSPS) is 16.7. The minimum absolute atomic E-state index is 0.0340. The van der Waals surface area contributed by atoms with E-state index in [1.165, 1.54) is 0 Å². The third kappa shape index (κ3) is 2.99. The molecule has 0 saturated heterocycles. The predicted octanol–water partition coefficient (Wildman–Crippen LogP) is 2.57. The standard InChI is InChI=1S/C17H17NO3/c19-15-7-3-1-5-12(15)11-17(20)18-14-9-10-21-16-8-4-2-6-13(14)16/h1-8,14,19H,9-11H2,(H,18,20). The number of amides is 1. The zero-order valence-corrected chi connectivity index (χ0v) is 11.6. The first-order valence-electron chi connectivity index (χ1n) is 7.02. The Kier molecular flexibility index (Phi) is 3.77. The van der Waals surface area contributed by atoms with Gasteiger partial charge >= 0.3 is 0 Å². The average Bonchev–Trinajstić information content (AvgIpc) is 2.50. The maximum Gasteiger partial charge on any atom is 0.225 e. The molecule has 0 saturated carbocycles. The molecule has 2 N–H and O–H groups in total. The molecule has 0 aromatic heterocycles. The number of carbonyl (C=O) groups excluding carboxylic acids is 1. The number of nitrogens with one attached hydrogen (secondary N) is 1. The molecule has 0 spiro atoms. The molecule has 0 radical (unpaired) electrons. The molecule has 0 bridgehead atoms. The molecule has 4 nitrogen and oxygen atoms in total. The summed E-state index contributed by atoms with van der Waals surface area (Å²) in [6, 6.07) is 14.6. The van der Waals surface area contributed by atoms with Gasteiger partial charge in [-0.25, -0.2) is 0 Å². The van der Waals surface area contributed by atoms with Gasteiger partial charge in [-0.2, -0.15) is 0 Å². The summed E-state index contributed by atoms with van der Waals surface area (Å²) in [6.45, 7) is 0.596. The highest BCUT2D eigenvalue weighted by Crippen LogP contribution is 2.31. The molecule has 3 rings (SSSR count). The van der Waals surface area contributed by atoms with E-state index in [-0.39, 0.29) is 24.1 Å². The fraction of sp³-hybridized carbons (Fsp3) is 0.235. The number of rotatable bonds is 3. The van der Waals surface area contributed by atoms with E-state index in [9.17, 15) is 9.90 Å². The number of benzene rings is 2. The van der Waals surface area contributed by atoms with Crippen molar-refractivity contribution in [3.8, 4) is 11.5 Å². The van der Waals surface area contributed by atoms with E-state index in [4.69, 9.17) is 4.74 Å². The van der Waals surface area contributed by atoms with Gasteiger partial charge in [-0.05, 0) is 12.1 Å². The summed E-state index contributed by atoms with van der Waals surface area (Å²) < 4.78 is 5.58. The zero-order valence-electron chi connectivity index (χ0n) is 11.6. The third-order valence-electron chi connectivity index (χ3n) is 3.64. The van der Waals surface area contributed by atoms with Crippen molar-refractivity contribution in [3.05, 3.63) is 59.7 Å². The van der Waals surface area contributed by atoms with Crippen molar-refractivity contribution < 1.29 is 14.6 Å². The molecule has 1 amide bonds. The second kappa shape index (κ2) is 5.87. The second-order valence-corrected chi connectivity index (χ2v) is 5.10. The number of hydrogen-bond donors (Lipinski definition) is 2. The van der Waals surface area contributed by atoms with Crippen LogP contribution in [-0.4, -0.2) is 17.6 Å². The summed E-state index contributed by atoms with van der Waals surface area (Å²) in [7, 11) is 0. The Balaban J connectivity index is 1.70. The van der Waals surface area contributed by atoms with E-state index in [0.717, 1.165) is 17.7 Å². The Hall–Kier alpha value is -2.49. The first-order valence-corrected chi connectivity index (χ1v) is 7.02. The number of hydrogen-bond acceptors (Lipinski definition) is 3. The lowest BCUT2D eigenvalue weighted by Crippen LogP contribution is -2.33. The van der Waals surface area contributed by atoms with E-state index < -0.39 is 0 Å². The molecule has 1 heterocycles. The molecular formula is C17H17NO3. The van der Waals surface area contributed by atoms with Crippen LogP contribution in [-0.2, 0) is 11.2 Å². The number of fused-ring (bicyclic) bond motifs is 1. The van der Waals surface area contributed by atoms with Crippen molar-refractivity contribution in [1.82, 2.24) is 5.32 Å². The maximum absolute atomic E-state index is 12.2. The Labute approximate surface area is 123 Å². The minimum atomic E-state index is -0.0989. The highest BCUT2D eigenvalue weighted by atomic mass is 16.5. The van der Waals surface area contributed by atoms with Crippen LogP contribution in [0.25, 0.3) is 0 Å². The summed E-state index contributed by atoms with van der Waals surface area (Å²) in [4.78, 5) is 12.2. The molecule has 1 aliphatic heterocycles. The van der Waals surface area contributed by atoms with Crippen molar-refractivity contribution in [2.45, 2.75) is 18.9 Å². The smallest absolute Gasteiger partial charge is 0.225 e. The van der Waals surface area contributed by atoms with Crippen LogP contribution in [0.5, 0.6) is 11.5 Å². The van der Waals surface area contributed by atoms with Crippen LogP contribution in [0, 0.1) is 0 Å². The molecule has 1 atom stereocenters. The van der Waals surface area contributed by atoms with Crippen LogP contribution in [0.2, 0.25) is 0 Å². The molecule has 2 aromatic rings. The number of ether oxygens (including phenoxy) is 1. The predicted molar refractivity (Wildman–Crippen MR) is 79.2 cm³/mol. The number of para-hydroxylation sites is 2. The molecule has 1 aliphatic rings. The van der Waals surface area contributed by atoms with Crippen LogP contribution in [0.3, 0.4) is 0 Å². The Morgan fingerprint density at radius 2 is 1.95 bits per heavy atom. The summed E-state index contributed by atoms with van der Waals surface area (Å²) in [5, 5.41) is 12.7. The van der Waals surface area contributed by atoms with Gasteiger partial charge in [0.15, 0.2) is 0 Å². The lowest BCUT2D eigenvalue weighted by molar-refractivity contribution is -0.121. The molecule has 2 aromatic carbocycles. The van der Waals surface area contributed by atoms with Gasteiger partial charge in [-0.1, -0.05) is 36.4 Å². The van der Waals surface area contributed by atoms with Crippen LogP contribution < -0.4 is 10.1 Å². The van der Waals surface area contributed by atoms with Gasteiger partial charge in [0, 0.05) is 17.5 Å². The minimum Gasteiger partial charge on any atom is -0.508 e. The van der Waals surface area contributed by atoms with Crippen LogP contribution in [0.1, 0.15) is 23.6 Å². The van der Waals surface area contributed by atoms with Gasteiger partial charge in [0.25, 0.3) is 0 Å². The molecule has 4 heteroatoms. The van der Waals surface area contributed by atoms with Crippen LogP contribution in [0.15, 0.2) is 48.5 Å². The largest absolute Gasteiger partial charge is 0.508 e. The highest BCUT2D eigenvalue weighted by molar-refractivity contribution is 5.79. The number of phenolic OH excluding ortho intramolecular Hbond substituents is 1.